The van der Waals surface area contributed by atoms with Crippen LogP contribution in [0.1, 0.15) is 40.3 Å². The van der Waals surface area contributed by atoms with Crippen molar-refractivity contribution in [2.45, 2.75) is 32.2 Å². The maximum atomic E-state index is 3.58. The third kappa shape index (κ3) is 2.55. The number of halogens is 1. The lowest BCUT2D eigenvalue weighted by Gasteiger charge is -2.19. The molecule has 0 saturated heterocycles. The molecule has 0 amide bonds. The zero-order valence-electron chi connectivity index (χ0n) is 12.0. The number of aryl methyl sites for hydroxylation is 3. The van der Waals surface area contributed by atoms with Crippen LogP contribution in [0, 0.1) is 6.92 Å². The van der Waals surface area contributed by atoms with Gasteiger partial charge in [0.15, 0.2) is 0 Å². The van der Waals surface area contributed by atoms with E-state index >= 15 is 0 Å². The molecule has 0 spiro atoms. The van der Waals surface area contributed by atoms with Crippen molar-refractivity contribution in [1.29, 1.82) is 0 Å². The van der Waals surface area contributed by atoms with E-state index in [0.717, 1.165) is 0 Å². The Morgan fingerprint density at radius 2 is 1.70 bits per heavy atom. The Morgan fingerprint density at radius 1 is 1.00 bits per heavy atom. The van der Waals surface area contributed by atoms with Crippen molar-refractivity contribution in [2.24, 2.45) is 0 Å². The molecule has 0 fully saturated rings. The predicted octanol–water partition coefficient (Wildman–Crippen LogP) is 4.56. The van der Waals surface area contributed by atoms with Crippen LogP contribution in [0.3, 0.4) is 0 Å². The first kappa shape index (κ1) is 13.8. The van der Waals surface area contributed by atoms with E-state index < -0.39 is 0 Å². The van der Waals surface area contributed by atoms with Gasteiger partial charge in [0.1, 0.15) is 0 Å². The minimum atomic E-state index is 0.271. The molecular weight excluding hydrogens is 310 g/mol. The Bertz CT molecular complexity index is 633. The zero-order valence-corrected chi connectivity index (χ0v) is 13.6. The van der Waals surface area contributed by atoms with Crippen molar-refractivity contribution >= 4 is 15.9 Å². The van der Waals surface area contributed by atoms with Crippen molar-refractivity contribution in [3.05, 3.63) is 68.7 Å². The fourth-order valence-corrected chi connectivity index (χ4v) is 3.39. The monoisotopic (exact) mass is 329 g/mol. The highest BCUT2D eigenvalue weighted by atomic mass is 79.9. The first-order valence-corrected chi connectivity index (χ1v) is 8.03. The molecule has 20 heavy (non-hydrogen) atoms. The first-order valence-electron chi connectivity index (χ1n) is 7.24. The number of hydrogen-bond donors (Lipinski definition) is 1. The second kappa shape index (κ2) is 5.71. The average molecular weight is 330 g/mol. The predicted molar refractivity (Wildman–Crippen MR) is 88.2 cm³/mol. The van der Waals surface area contributed by atoms with Crippen LogP contribution in [0.5, 0.6) is 0 Å². The van der Waals surface area contributed by atoms with Crippen molar-refractivity contribution in [1.82, 2.24) is 5.32 Å². The second-order valence-electron chi connectivity index (χ2n) is 5.61. The summed E-state index contributed by atoms with van der Waals surface area (Å²) in [5.74, 6) is 0. The molecule has 2 heteroatoms. The number of nitrogens with one attached hydrogen (secondary N) is 1. The van der Waals surface area contributed by atoms with Gasteiger partial charge in [-0.1, -0.05) is 46.3 Å². The van der Waals surface area contributed by atoms with Crippen LogP contribution in [0.4, 0.5) is 0 Å². The molecule has 0 aliphatic heterocycles. The number of fused-ring (bicyclic) bond motifs is 1. The highest BCUT2D eigenvalue weighted by molar-refractivity contribution is 9.10. The van der Waals surface area contributed by atoms with Gasteiger partial charge in [-0.15, -0.1) is 0 Å². The quantitative estimate of drug-likeness (QED) is 0.870. The standard InChI is InChI=1S/C18H20BrN/c1-12-10-15(8-9-17(12)19)18(20-2)16-7-6-13-4-3-5-14(13)11-16/h6-11,18,20H,3-5H2,1-2H3. The molecule has 0 aromatic heterocycles. The van der Waals surface area contributed by atoms with Gasteiger partial charge in [0.2, 0.25) is 0 Å². The molecule has 2 aromatic carbocycles. The van der Waals surface area contributed by atoms with Crippen LogP contribution in [0.15, 0.2) is 40.9 Å². The van der Waals surface area contributed by atoms with Crippen LogP contribution < -0.4 is 5.32 Å². The molecule has 0 bridgehead atoms. The number of benzene rings is 2. The third-order valence-electron chi connectivity index (χ3n) is 4.26. The molecule has 1 aliphatic rings. The van der Waals surface area contributed by atoms with E-state index in [9.17, 15) is 0 Å². The van der Waals surface area contributed by atoms with E-state index in [1.165, 1.54) is 51.6 Å². The summed E-state index contributed by atoms with van der Waals surface area (Å²) in [4.78, 5) is 0. The van der Waals surface area contributed by atoms with Crippen LogP contribution >= 0.6 is 15.9 Å². The SMILES string of the molecule is CNC(c1ccc(Br)c(C)c1)c1ccc2c(c1)CCC2. The van der Waals surface area contributed by atoms with Crippen LogP contribution in [-0.4, -0.2) is 7.05 Å². The first-order chi connectivity index (χ1) is 9.69. The van der Waals surface area contributed by atoms with Crippen molar-refractivity contribution < 1.29 is 0 Å². The van der Waals surface area contributed by atoms with Crippen LogP contribution in [-0.2, 0) is 12.8 Å². The maximum absolute atomic E-state index is 3.58. The topological polar surface area (TPSA) is 12.0 Å². The molecule has 104 valence electrons. The van der Waals surface area contributed by atoms with Gasteiger partial charge >= 0.3 is 0 Å². The van der Waals surface area contributed by atoms with E-state index in [1.54, 1.807) is 0 Å². The van der Waals surface area contributed by atoms with Crippen molar-refractivity contribution in [3.8, 4) is 0 Å². The van der Waals surface area contributed by atoms with Crippen molar-refractivity contribution in [3.63, 3.8) is 0 Å². The van der Waals surface area contributed by atoms with Gasteiger partial charge in [0.25, 0.3) is 0 Å². The van der Waals surface area contributed by atoms with Gasteiger partial charge < -0.3 is 5.32 Å². The molecule has 3 rings (SSSR count). The fourth-order valence-electron chi connectivity index (χ4n) is 3.14. The fraction of sp³-hybridized carbons (Fsp3) is 0.333. The molecule has 1 nitrogen and oxygen atoms in total. The highest BCUT2D eigenvalue weighted by Crippen LogP contribution is 2.29. The lowest BCUT2D eigenvalue weighted by molar-refractivity contribution is 0.690. The number of rotatable bonds is 3. The Morgan fingerprint density at radius 3 is 2.45 bits per heavy atom. The smallest absolute Gasteiger partial charge is 0.0574 e. The molecule has 0 saturated carbocycles. The summed E-state index contributed by atoms with van der Waals surface area (Å²) in [5.41, 5.74) is 7.05. The molecule has 1 unspecified atom stereocenters. The summed E-state index contributed by atoms with van der Waals surface area (Å²) in [6.45, 7) is 2.14. The molecule has 1 N–H and O–H groups in total. The second-order valence-corrected chi connectivity index (χ2v) is 6.47. The molecule has 1 atom stereocenters. The largest absolute Gasteiger partial charge is 0.309 e. The Kier molecular flexibility index (Phi) is 3.95. The summed E-state index contributed by atoms with van der Waals surface area (Å²) >= 11 is 3.58. The normalized spacial score (nSPS) is 15.2. The van der Waals surface area contributed by atoms with Crippen LogP contribution in [0.25, 0.3) is 0 Å². The van der Waals surface area contributed by atoms with E-state index in [4.69, 9.17) is 0 Å². The van der Waals surface area contributed by atoms with Gasteiger partial charge in [-0.05, 0) is 67.1 Å². The lowest BCUT2D eigenvalue weighted by Crippen LogP contribution is -2.18. The molecule has 0 radical (unpaired) electrons. The molecule has 0 heterocycles. The van der Waals surface area contributed by atoms with Gasteiger partial charge in [-0.3, -0.25) is 0 Å². The lowest BCUT2D eigenvalue weighted by atomic mass is 9.95. The van der Waals surface area contributed by atoms with Crippen molar-refractivity contribution in [2.75, 3.05) is 7.05 Å². The molecular formula is C18H20BrN. The van der Waals surface area contributed by atoms with E-state index in [2.05, 4.69) is 64.6 Å². The van der Waals surface area contributed by atoms with E-state index in [-0.39, 0.29) is 6.04 Å². The summed E-state index contributed by atoms with van der Waals surface area (Å²) < 4.78 is 1.17. The Labute approximate surface area is 129 Å². The van der Waals surface area contributed by atoms with E-state index in [0.29, 0.717) is 0 Å². The van der Waals surface area contributed by atoms with E-state index in [1.807, 2.05) is 7.05 Å². The van der Waals surface area contributed by atoms with Gasteiger partial charge in [-0.2, -0.15) is 0 Å². The summed E-state index contributed by atoms with van der Waals surface area (Å²) in [7, 11) is 2.04. The number of hydrogen-bond acceptors (Lipinski definition) is 1. The molecule has 2 aromatic rings. The average Bonchev–Trinajstić information content (AvgIpc) is 2.91. The summed E-state index contributed by atoms with van der Waals surface area (Å²) in [6, 6.07) is 13.9. The van der Waals surface area contributed by atoms with Crippen LogP contribution in [0.2, 0.25) is 0 Å². The third-order valence-corrected chi connectivity index (χ3v) is 5.15. The Balaban J connectivity index is 1.98. The van der Waals surface area contributed by atoms with Gasteiger partial charge in [0, 0.05) is 4.47 Å². The Hall–Kier alpha value is -1.12. The van der Waals surface area contributed by atoms with Gasteiger partial charge in [0.05, 0.1) is 6.04 Å². The minimum Gasteiger partial charge on any atom is -0.309 e. The molecule has 1 aliphatic carbocycles. The highest BCUT2D eigenvalue weighted by Gasteiger charge is 2.16. The summed E-state index contributed by atoms with van der Waals surface area (Å²) in [5, 5.41) is 3.46. The van der Waals surface area contributed by atoms with Gasteiger partial charge in [-0.25, -0.2) is 0 Å². The summed E-state index contributed by atoms with van der Waals surface area (Å²) in [6.07, 6.45) is 3.79. The maximum Gasteiger partial charge on any atom is 0.0574 e. The minimum absolute atomic E-state index is 0.271. The zero-order chi connectivity index (χ0) is 14.1.